The van der Waals surface area contributed by atoms with Crippen molar-refractivity contribution < 1.29 is 9.53 Å². The van der Waals surface area contributed by atoms with Crippen LogP contribution in [0.3, 0.4) is 0 Å². The van der Waals surface area contributed by atoms with Crippen molar-refractivity contribution in [1.29, 1.82) is 0 Å². The van der Waals surface area contributed by atoms with Crippen molar-refractivity contribution in [3.63, 3.8) is 0 Å². The fourth-order valence-corrected chi connectivity index (χ4v) is 3.96. The van der Waals surface area contributed by atoms with E-state index in [-0.39, 0.29) is 5.91 Å². The molecule has 0 aliphatic carbocycles. The molecule has 0 spiro atoms. The second-order valence-corrected chi connectivity index (χ2v) is 8.46. The Morgan fingerprint density at radius 2 is 1.77 bits per heavy atom. The largest absolute Gasteiger partial charge is 0.489 e. The number of carbonyl (C=O) groups excluding carboxylic acids is 1. The third kappa shape index (κ3) is 5.78. The number of aliphatic imine (C=N–C) groups is 1. The van der Waals surface area contributed by atoms with Crippen molar-refractivity contribution in [2.24, 2.45) is 4.99 Å². The second kappa shape index (κ2) is 9.86. The highest BCUT2D eigenvalue weighted by Gasteiger charge is 2.23. The summed E-state index contributed by atoms with van der Waals surface area (Å²) in [5.74, 6) is 0.582. The van der Waals surface area contributed by atoms with Gasteiger partial charge in [-0.15, -0.1) is 0 Å². The number of aryl methyl sites for hydroxylation is 1. The van der Waals surface area contributed by atoms with E-state index in [1.54, 1.807) is 0 Å². The highest BCUT2D eigenvalue weighted by molar-refractivity contribution is 8.18. The van der Waals surface area contributed by atoms with Gasteiger partial charge >= 0.3 is 0 Å². The molecule has 0 unspecified atom stereocenters. The molecule has 3 aromatic rings. The average Bonchev–Trinajstić information content (AvgIpc) is 3.12. The number of hydrogen-bond acceptors (Lipinski definition) is 4. The van der Waals surface area contributed by atoms with Gasteiger partial charge in [-0.25, -0.2) is 4.99 Å². The standard InChI is InChI=1S/C25H21ClN2O2S/c1-2-17-8-12-21(13-9-17)27-25-28-24(29)23(31-25)15-19-4-3-5-22(14-19)30-16-18-6-10-20(26)11-7-18/h3-15H,2,16H2,1H3,(H,27,28,29)/b23-15-. The summed E-state index contributed by atoms with van der Waals surface area (Å²) in [5, 5.41) is 4.11. The number of thioether (sulfide) groups is 1. The minimum absolute atomic E-state index is 0.151. The zero-order chi connectivity index (χ0) is 21.6. The summed E-state index contributed by atoms with van der Waals surface area (Å²) in [4.78, 5) is 17.5. The average molecular weight is 449 g/mol. The van der Waals surface area contributed by atoms with Crippen LogP contribution in [0.1, 0.15) is 23.6 Å². The van der Waals surface area contributed by atoms with Crippen LogP contribution < -0.4 is 10.1 Å². The number of benzene rings is 3. The quantitative estimate of drug-likeness (QED) is 0.445. The summed E-state index contributed by atoms with van der Waals surface area (Å²) in [5.41, 5.74) is 4.00. The lowest BCUT2D eigenvalue weighted by molar-refractivity contribution is -0.115. The van der Waals surface area contributed by atoms with Gasteiger partial charge in [-0.2, -0.15) is 0 Å². The van der Waals surface area contributed by atoms with Gasteiger partial charge in [-0.05, 0) is 77.3 Å². The molecule has 156 valence electrons. The molecule has 0 radical (unpaired) electrons. The first-order valence-corrected chi connectivity index (χ1v) is 11.1. The maximum Gasteiger partial charge on any atom is 0.264 e. The molecule has 0 bridgehead atoms. The fraction of sp³-hybridized carbons (Fsp3) is 0.120. The Hall–Kier alpha value is -3.02. The summed E-state index contributed by atoms with van der Waals surface area (Å²) < 4.78 is 5.88. The Kier molecular flexibility index (Phi) is 6.75. The Morgan fingerprint density at radius 1 is 1.03 bits per heavy atom. The molecule has 1 heterocycles. The summed E-state index contributed by atoms with van der Waals surface area (Å²) >= 11 is 7.25. The Labute approximate surface area is 191 Å². The van der Waals surface area contributed by atoms with Gasteiger partial charge in [-0.1, -0.05) is 54.9 Å². The van der Waals surface area contributed by atoms with Crippen LogP contribution in [-0.2, 0) is 17.8 Å². The normalized spacial score (nSPS) is 16.0. The number of amidine groups is 1. The molecule has 0 atom stereocenters. The lowest BCUT2D eigenvalue weighted by Crippen LogP contribution is -2.19. The smallest absolute Gasteiger partial charge is 0.264 e. The Morgan fingerprint density at radius 3 is 2.52 bits per heavy atom. The third-order valence-electron chi connectivity index (χ3n) is 4.70. The summed E-state index contributed by atoms with van der Waals surface area (Å²) in [6.45, 7) is 2.56. The fourth-order valence-electron chi connectivity index (χ4n) is 3.00. The molecule has 1 fully saturated rings. The van der Waals surface area contributed by atoms with Gasteiger partial charge in [0.2, 0.25) is 0 Å². The molecule has 1 aliphatic rings. The predicted octanol–water partition coefficient (Wildman–Crippen LogP) is 6.37. The van der Waals surface area contributed by atoms with Crippen molar-refractivity contribution in [2.75, 3.05) is 0 Å². The zero-order valence-electron chi connectivity index (χ0n) is 17.0. The van der Waals surface area contributed by atoms with Gasteiger partial charge in [0, 0.05) is 5.02 Å². The minimum atomic E-state index is -0.151. The van der Waals surface area contributed by atoms with E-state index in [1.165, 1.54) is 17.3 Å². The minimum Gasteiger partial charge on any atom is -0.489 e. The highest BCUT2D eigenvalue weighted by atomic mass is 35.5. The number of nitrogens with one attached hydrogen (secondary N) is 1. The van der Waals surface area contributed by atoms with Gasteiger partial charge < -0.3 is 10.1 Å². The van der Waals surface area contributed by atoms with Gasteiger partial charge in [0.1, 0.15) is 12.4 Å². The Balaban J connectivity index is 1.44. The van der Waals surface area contributed by atoms with E-state index in [9.17, 15) is 4.79 Å². The van der Waals surface area contributed by atoms with Crippen molar-refractivity contribution in [1.82, 2.24) is 5.32 Å². The van der Waals surface area contributed by atoms with E-state index in [0.29, 0.717) is 21.7 Å². The van der Waals surface area contributed by atoms with Crippen LogP contribution in [0.5, 0.6) is 5.75 Å². The van der Waals surface area contributed by atoms with Gasteiger partial charge in [-0.3, -0.25) is 4.79 Å². The molecule has 0 saturated carbocycles. The van der Waals surface area contributed by atoms with E-state index in [4.69, 9.17) is 16.3 Å². The number of hydrogen-bond donors (Lipinski definition) is 1. The molecule has 3 aromatic carbocycles. The molecule has 1 N–H and O–H groups in total. The molecule has 1 aliphatic heterocycles. The number of rotatable bonds is 6. The highest BCUT2D eigenvalue weighted by Crippen LogP contribution is 2.29. The summed E-state index contributed by atoms with van der Waals surface area (Å²) in [6, 6.07) is 23.2. The van der Waals surface area contributed by atoms with E-state index < -0.39 is 0 Å². The van der Waals surface area contributed by atoms with Crippen molar-refractivity contribution in [2.45, 2.75) is 20.0 Å². The van der Waals surface area contributed by atoms with Crippen molar-refractivity contribution in [3.8, 4) is 5.75 Å². The molecule has 31 heavy (non-hydrogen) atoms. The van der Waals surface area contributed by atoms with Crippen LogP contribution in [0, 0.1) is 0 Å². The van der Waals surface area contributed by atoms with Crippen LogP contribution in [0.2, 0.25) is 5.02 Å². The first kappa shape index (κ1) is 21.2. The summed E-state index contributed by atoms with van der Waals surface area (Å²) in [6.07, 6.45) is 2.83. The zero-order valence-corrected chi connectivity index (χ0v) is 18.5. The SMILES string of the molecule is CCc1ccc(N=C2NC(=O)/C(=C/c3cccc(OCc4ccc(Cl)cc4)c3)S2)cc1. The molecular weight excluding hydrogens is 428 g/mol. The molecule has 4 rings (SSSR count). The number of ether oxygens (including phenoxy) is 1. The van der Waals surface area contributed by atoms with Crippen molar-refractivity contribution in [3.05, 3.63) is 99.4 Å². The Bertz CT molecular complexity index is 1140. The first-order valence-electron chi connectivity index (χ1n) is 9.95. The van der Waals surface area contributed by atoms with Gasteiger partial charge in [0.05, 0.1) is 10.6 Å². The van der Waals surface area contributed by atoms with Crippen LogP contribution in [-0.4, -0.2) is 11.1 Å². The molecule has 1 amide bonds. The van der Waals surface area contributed by atoms with E-state index in [1.807, 2.05) is 78.9 Å². The molecular formula is C25H21ClN2O2S. The predicted molar refractivity (Wildman–Crippen MR) is 129 cm³/mol. The van der Waals surface area contributed by atoms with Gasteiger partial charge in [0.25, 0.3) is 5.91 Å². The molecule has 6 heteroatoms. The van der Waals surface area contributed by atoms with Crippen LogP contribution in [0.25, 0.3) is 6.08 Å². The maximum atomic E-state index is 12.4. The first-order chi connectivity index (χ1) is 15.1. The van der Waals surface area contributed by atoms with Crippen LogP contribution >= 0.6 is 23.4 Å². The van der Waals surface area contributed by atoms with E-state index >= 15 is 0 Å². The lowest BCUT2D eigenvalue weighted by atomic mass is 10.2. The number of amides is 1. The van der Waals surface area contributed by atoms with E-state index in [0.717, 1.165) is 29.0 Å². The lowest BCUT2D eigenvalue weighted by Gasteiger charge is -2.07. The van der Waals surface area contributed by atoms with Crippen LogP contribution in [0.4, 0.5) is 5.69 Å². The monoisotopic (exact) mass is 448 g/mol. The molecule has 1 saturated heterocycles. The topological polar surface area (TPSA) is 50.7 Å². The summed E-state index contributed by atoms with van der Waals surface area (Å²) in [7, 11) is 0. The number of nitrogens with zero attached hydrogens (tertiary/aromatic N) is 1. The maximum absolute atomic E-state index is 12.4. The number of carbonyl (C=O) groups is 1. The second-order valence-electron chi connectivity index (χ2n) is 6.99. The van der Waals surface area contributed by atoms with Crippen LogP contribution in [0.15, 0.2) is 82.7 Å². The van der Waals surface area contributed by atoms with E-state index in [2.05, 4.69) is 17.2 Å². The molecule has 0 aromatic heterocycles. The third-order valence-corrected chi connectivity index (χ3v) is 5.86. The number of halogens is 1. The van der Waals surface area contributed by atoms with Crippen molar-refractivity contribution >= 4 is 46.2 Å². The van der Waals surface area contributed by atoms with Gasteiger partial charge in [0.15, 0.2) is 5.17 Å². The molecule has 4 nitrogen and oxygen atoms in total.